The van der Waals surface area contributed by atoms with Crippen molar-refractivity contribution in [3.63, 3.8) is 0 Å². The third-order valence-electron chi connectivity index (χ3n) is 6.40. The van der Waals surface area contributed by atoms with Crippen LogP contribution >= 0.6 is 7.82 Å². The number of hydrogen-bond donors (Lipinski definition) is 2. The summed E-state index contributed by atoms with van der Waals surface area (Å²) < 4.78 is 16.6. The van der Waals surface area contributed by atoms with E-state index >= 15 is 0 Å². The molecule has 5 heteroatoms. The Morgan fingerprint density at radius 3 is 1.50 bits per heavy atom. The van der Waals surface area contributed by atoms with Gasteiger partial charge in [0.2, 0.25) is 0 Å². The zero-order valence-electron chi connectivity index (χ0n) is 21.0. The summed E-state index contributed by atoms with van der Waals surface area (Å²) in [6.07, 6.45) is 22.0. The molecular weight excluding hydrogens is 419 g/mol. The third kappa shape index (κ3) is 13.7. The van der Waals surface area contributed by atoms with Gasteiger partial charge < -0.3 is 4.52 Å². The van der Waals surface area contributed by atoms with Gasteiger partial charge in [0.1, 0.15) is 5.75 Å². The second-order valence-corrected chi connectivity index (χ2v) is 10.5. The minimum atomic E-state index is -4.56. The standard InChI is InChI=1S/C27H49O4P/c1-4-6-8-10-12-14-16-18-20-25-24(3)22-23-27(31-32(28,29)30)26(25)21-19-17-15-13-11-9-7-5-2/h22-23H,4-21H2,1-3H3,(H2,28,29,30). The molecule has 0 heterocycles. The zero-order valence-corrected chi connectivity index (χ0v) is 21.9. The van der Waals surface area contributed by atoms with Gasteiger partial charge >= 0.3 is 7.82 Å². The molecule has 4 nitrogen and oxygen atoms in total. The van der Waals surface area contributed by atoms with Crippen molar-refractivity contribution in [1.82, 2.24) is 0 Å². The predicted octanol–water partition coefficient (Wildman–Crippen LogP) is 8.83. The van der Waals surface area contributed by atoms with Crippen LogP contribution in [0, 0.1) is 6.92 Å². The van der Waals surface area contributed by atoms with Crippen LogP contribution in [0.2, 0.25) is 0 Å². The maximum absolute atomic E-state index is 11.5. The fourth-order valence-electron chi connectivity index (χ4n) is 4.50. The highest BCUT2D eigenvalue weighted by atomic mass is 31.2. The molecule has 0 saturated carbocycles. The van der Waals surface area contributed by atoms with Crippen LogP contribution < -0.4 is 4.52 Å². The van der Waals surface area contributed by atoms with Gasteiger partial charge in [0.15, 0.2) is 0 Å². The normalized spacial score (nSPS) is 11.8. The van der Waals surface area contributed by atoms with E-state index in [9.17, 15) is 14.4 Å². The lowest BCUT2D eigenvalue weighted by atomic mass is 9.92. The monoisotopic (exact) mass is 468 g/mol. The minimum Gasteiger partial charge on any atom is -0.404 e. The fourth-order valence-corrected chi connectivity index (χ4v) is 4.92. The molecule has 0 aliphatic carbocycles. The number of unbranched alkanes of at least 4 members (excludes halogenated alkanes) is 14. The van der Waals surface area contributed by atoms with Gasteiger partial charge in [0, 0.05) is 0 Å². The molecule has 0 spiro atoms. The molecule has 1 aromatic rings. The van der Waals surface area contributed by atoms with Crippen molar-refractivity contribution in [2.45, 2.75) is 136 Å². The van der Waals surface area contributed by atoms with Gasteiger partial charge in [0.05, 0.1) is 0 Å². The van der Waals surface area contributed by atoms with E-state index < -0.39 is 7.82 Å². The van der Waals surface area contributed by atoms with Crippen LogP contribution in [-0.4, -0.2) is 9.79 Å². The Morgan fingerprint density at radius 2 is 1.06 bits per heavy atom. The highest BCUT2D eigenvalue weighted by Crippen LogP contribution is 2.41. The summed E-state index contributed by atoms with van der Waals surface area (Å²) in [5.41, 5.74) is 3.47. The lowest BCUT2D eigenvalue weighted by molar-refractivity contribution is 0.282. The van der Waals surface area contributed by atoms with E-state index in [0.717, 1.165) is 37.7 Å². The Bertz CT molecular complexity index is 653. The highest BCUT2D eigenvalue weighted by Gasteiger charge is 2.20. The summed E-state index contributed by atoms with van der Waals surface area (Å²) in [6, 6.07) is 3.69. The van der Waals surface area contributed by atoms with Crippen molar-refractivity contribution in [3.8, 4) is 5.75 Å². The van der Waals surface area contributed by atoms with Gasteiger partial charge in [-0.1, -0.05) is 110 Å². The first kappa shape index (κ1) is 29.2. The molecule has 0 aliphatic rings. The molecule has 0 atom stereocenters. The minimum absolute atomic E-state index is 0.376. The topological polar surface area (TPSA) is 66.8 Å². The first-order valence-electron chi connectivity index (χ1n) is 13.3. The van der Waals surface area contributed by atoms with E-state index in [1.807, 2.05) is 6.07 Å². The summed E-state index contributed by atoms with van der Waals surface area (Å²) in [6.45, 7) is 6.60. The quantitative estimate of drug-likeness (QED) is 0.148. The number of rotatable bonds is 20. The average Bonchev–Trinajstić information content (AvgIpc) is 2.74. The van der Waals surface area contributed by atoms with Gasteiger partial charge in [-0.3, -0.25) is 9.79 Å². The first-order valence-corrected chi connectivity index (χ1v) is 14.8. The second kappa shape index (κ2) is 17.6. The molecule has 0 radical (unpaired) electrons. The first-order chi connectivity index (χ1) is 15.4. The van der Waals surface area contributed by atoms with Crippen molar-refractivity contribution in [2.75, 3.05) is 0 Å². The summed E-state index contributed by atoms with van der Waals surface area (Å²) in [7, 11) is -4.56. The molecule has 186 valence electrons. The summed E-state index contributed by atoms with van der Waals surface area (Å²) in [4.78, 5) is 18.8. The van der Waals surface area contributed by atoms with Crippen LogP contribution in [0.1, 0.15) is 133 Å². The average molecular weight is 469 g/mol. The molecule has 32 heavy (non-hydrogen) atoms. The van der Waals surface area contributed by atoms with Gasteiger partial charge in [-0.05, 0) is 55.4 Å². The number of hydrogen-bond acceptors (Lipinski definition) is 2. The maximum atomic E-state index is 11.5. The molecule has 1 aromatic carbocycles. The largest absolute Gasteiger partial charge is 0.524 e. The van der Waals surface area contributed by atoms with E-state index in [-0.39, 0.29) is 0 Å². The summed E-state index contributed by atoms with van der Waals surface area (Å²) >= 11 is 0. The molecule has 0 saturated heterocycles. The SMILES string of the molecule is CCCCCCCCCCc1c(C)ccc(OP(=O)(O)O)c1CCCCCCCCCC. The van der Waals surface area contributed by atoms with Crippen molar-refractivity contribution >= 4 is 7.82 Å². The number of phosphoric ester groups is 1. The Kier molecular flexibility index (Phi) is 16.1. The molecule has 0 amide bonds. The van der Waals surface area contributed by atoms with Crippen LogP contribution in [-0.2, 0) is 17.4 Å². The number of aryl methyl sites for hydroxylation is 1. The number of benzene rings is 1. The Balaban J connectivity index is 2.63. The van der Waals surface area contributed by atoms with Crippen molar-refractivity contribution in [3.05, 3.63) is 28.8 Å². The van der Waals surface area contributed by atoms with Crippen molar-refractivity contribution in [1.29, 1.82) is 0 Å². The van der Waals surface area contributed by atoms with E-state index in [1.165, 1.54) is 94.6 Å². The molecule has 0 aromatic heterocycles. The molecule has 1 rings (SSSR count). The molecule has 0 aliphatic heterocycles. The van der Waals surface area contributed by atoms with Gasteiger partial charge in [-0.2, -0.15) is 0 Å². The zero-order chi connectivity index (χ0) is 23.7. The maximum Gasteiger partial charge on any atom is 0.524 e. The number of phosphoric acid groups is 1. The van der Waals surface area contributed by atoms with Crippen LogP contribution in [0.3, 0.4) is 0 Å². The Morgan fingerprint density at radius 1 is 0.656 bits per heavy atom. The van der Waals surface area contributed by atoms with Crippen LogP contribution in [0.15, 0.2) is 12.1 Å². The molecule has 0 fully saturated rings. The Labute approximate surface area is 197 Å². The van der Waals surface area contributed by atoms with E-state index in [0.29, 0.717) is 5.75 Å². The summed E-state index contributed by atoms with van der Waals surface area (Å²) in [5, 5.41) is 0. The molecule has 0 bridgehead atoms. The van der Waals surface area contributed by atoms with E-state index in [2.05, 4.69) is 20.8 Å². The van der Waals surface area contributed by atoms with Crippen molar-refractivity contribution < 1.29 is 18.9 Å². The van der Waals surface area contributed by atoms with E-state index in [1.54, 1.807) is 6.07 Å². The van der Waals surface area contributed by atoms with Gasteiger partial charge in [0.25, 0.3) is 0 Å². The van der Waals surface area contributed by atoms with Crippen molar-refractivity contribution in [2.24, 2.45) is 0 Å². The second-order valence-electron chi connectivity index (χ2n) is 9.37. The van der Waals surface area contributed by atoms with Gasteiger partial charge in [-0.25, -0.2) is 4.57 Å². The predicted molar refractivity (Wildman–Crippen MR) is 136 cm³/mol. The smallest absolute Gasteiger partial charge is 0.404 e. The third-order valence-corrected chi connectivity index (χ3v) is 6.83. The summed E-state index contributed by atoms with van der Waals surface area (Å²) in [5.74, 6) is 0.376. The van der Waals surface area contributed by atoms with Crippen LogP contribution in [0.25, 0.3) is 0 Å². The lowest BCUT2D eigenvalue weighted by Crippen LogP contribution is -2.03. The molecule has 2 N–H and O–H groups in total. The van der Waals surface area contributed by atoms with Gasteiger partial charge in [-0.15, -0.1) is 0 Å². The highest BCUT2D eigenvalue weighted by molar-refractivity contribution is 7.46. The van der Waals surface area contributed by atoms with Crippen LogP contribution in [0.4, 0.5) is 0 Å². The lowest BCUT2D eigenvalue weighted by Gasteiger charge is -2.18. The Hall–Kier alpha value is -0.830. The van der Waals surface area contributed by atoms with Crippen LogP contribution in [0.5, 0.6) is 5.75 Å². The fraction of sp³-hybridized carbons (Fsp3) is 0.778. The molecular formula is C27H49O4P. The van der Waals surface area contributed by atoms with E-state index in [4.69, 9.17) is 4.52 Å². The molecule has 0 unspecified atom stereocenters.